The van der Waals surface area contributed by atoms with E-state index < -0.39 is 17.3 Å². The van der Waals surface area contributed by atoms with E-state index in [1.807, 2.05) is 0 Å². The van der Waals surface area contributed by atoms with Crippen molar-refractivity contribution in [3.05, 3.63) is 58.4 Å². The number of H-pyrrole nitrogens is 1. The Bertz CT molecular complexity index is 932. The van der Waals surface area contributed by atoms with Crippen molar-refractivity contribution in [3.8, 4) is 17.0 Å². The lowest BCUT2D eigenvalue weighted by Crippen LogP contribution is -2.10. The second-order valence-corrected chi connectivity index (χ2v) is 4.86. The fourth-order valence-corrected chi connectivity index (χ4v) is 2.41. The largest absolute Gasteiger partial charge is 0.496 e. The first-order valence-electron chi connectivity index (χ1n) is 6.65. The molecule has 0 radical (unpaired) electrons. The Hall–Kier alpha value is -2.83. The molecule has 0 aliphatic carbocycles. The summed E-state index contributed by atoms with van der Waals surface area (Å²) >= 11 is 0. The molecule has 3 rings (SSSR count). The van der Waals surface area contributed by atoms with Gasteiger partial charge in [-0.05, 0) is 24.3 Å². The standard InChI is InChI=1S/C16H11F3N2O2/c1-23-13-7-6-9(8-12(13)16(17,18)19)14-10-4-2-3-5-11(10)15(22)21-20-14/h2-8H,1H3,(H,21,22). The van der Waals surface area contributed by atoms with Gasteiger partial charge in [-0.1, -0.05) is 18.2 Å². The number of aromatic nitrogens is 2. The van der Waals surface area contributed by atoms with Crippen molar-refractivity contribution in [1.29, 1.82) is 0 Å². The van der Waals surface area contributed by atoms with Crippen molar-refractivity contribution in [2.24, 2.45) is 0 Å². The molecule has 118 valence electrons. The Morgan fingerprint density at radius 3 is 2.43 bits per heavy atom. The fourth-order valence-electron chi connectivity index (χ4n) is 2.41. The van der Waals surface area contributed by atoms with Gasteiger partial charge in [-0.2, -0.15) is 18.3 Å². The Balaban J connectivity index is 2.28. The molecule has 0 spiro atoms. The molecule has 0 bridgehead atoms. The molecule has 0 atom stereocenters. The molecule has 0 amide bonds. The van der Waals surface area contributed by atoms with Gasteiger partial charge in [0, 0.05) is 10.9 Å². The summed E-state index contributed by atoms with van der Waals surface area (Å²) < 4.78 is 44.2. The highest BCUT2D eigenvalue weighted by Crippen LogP contribution is 2.39. The lowest BCUT2D eigenvalue weighted by atomic mass is 10.0. The second kappa shape index (κ2) is 5.42. The third kappa shape index (κ3) is 2.65. The fraction of sp³-hybridized carbons (Fsp3) is 0.125. The minimum atomic E-state index is -4.56. The van der Waals surface area contributed by atoms with Crippen LogP contribution in [0.5, 0.6) is 5.75 Å². The minimum absolute atomic E-state index is 0.241. The van der Waals surface area contributed by atoms with E-state index in [1.165, 1.54) is 19.2 Å². The molecular formula is C16H11F3N2O2. The summed E-state index contributed by atoms with van der Waals surface area (Å²) in [4.78, 5) is 11.8. The molecule has 4 nitrogen and oxygen atoms in total. The second-order valence-electron chi connectivity index (χ2n) is 4.86. The van der Waals surface area contributed by atoms with Gasteiger partial charge in [-0.25, -0.2) is 5.10 Å². The van der Waals surface area contributed by atoms with E-state index in [0.29, 0.717) is 10.8 Å². The van der Waals surface area contributed by atoms with E-state index in [9.17, 15) is 18.0 Å². The number of nitrogens with one attached hydrogen (secondary N) is 1. The molecule has 0 aliphatic rings. The van der Waals surface area contributed by atoms with Crippen molar-refractivity contribution in [1.82, 2.24) is 10.2 Å². The van der Waals surface area contributed by atoms with E-state index in [2.05, 4.69) is 10.2 Å². The first-order chi connectivity index (χ1) is 10.9. The van der Waals surface area contributed by atoms with E-state index in [0.717, 1.165) is 6.07 Å². The van der Waals surface area contributed by atoms with Crippen LogP contribution in [-0.2, 0) is 6.18 Å². The van der Waals surface area contributed by atoms with Gasteiger partial charge < -0.3 is 4.74 Å². The third-order valence-corrected chi connectivity index (χ3v) is 3.47. The van der Waals surface area contributed by atoms with Crippen molar-refractivity contribution < 1.29 is 17.9 Å². The van der Waals surface area contributed by atoms with Crippen molar-refractivity contribution in [2.45, 2.75) is 6.18 Å². The van der Waals surface area contributed by atoms with Crippen LogP contribution in [0.15, 0.2) is 47.3 Å². The number of hydrogen-bond acceptors (Lipinski definition) is 3. The highest BCUT2D eigenvalue weighted by Gasteiger charge is 2.34. The zero-order valence-corrected chi connectivity index (χ0v) is 11.9. The number of methoxy groups -OCH3 is 1. The van der Waals surface area contributed by atoms with Crippen LogP contribution >= 0.6 is 0 Å². The number of nitrogens with zero attached hydrogens (tertiary/aromatic N) is 1. The molecule has 0 aliphatic heterocycles. The summed E-state index contributed by atoms with van der Waals surface area (Å²) in [6.45, 7) is 0. The Morgan fingerprint density at radius 1 is 1.09 bits per heavy atom. The maximum Gasteiger partial charge on any atom is 0.419 e. The molecule has 0 unspecified atom stereocenters. The molecule has 1 N–H and O–H groups in total. The van der Waals surface area contributed by atoms with Gasteiger partial charge in [-0.3, -0.25) is 4.79 Å². The number of benzene rings is 2. The predicted octanol–water partition coefficient (Wildman–Crippen LogP) is 3.62. The summed E-state index contributed by atoms with van der Waals surface area (Å²) in [5, 5.41) is 7.06. The molecule has 1 heterocycles. The SMILES string of the molecule is COc1ccc(-c2n[nH]c(=O)c3ccccc23)cc1C(F)(F)F. The molecule has 0 saturated carbocycles. The number of rotatable bonds is 2. The lowest BCUT2D eigenvalue weighted by Gasteiger charge is -2.13. The number of aromatic amines is 1. The molecule has 7 heteroatoms. The van der Waals surface area contributed by atoms with Gasteiger partial charge in [0.15, 0.2) is 0 Å². The smallest absolute Gasteiger partial charge is 0.419 e. The molecular weight excluding hydrogens is 309 g/mol. The van der Waals surface area contributed by atoms with Crippen molar-refractivity contribution in [3.63, 3.8) is 0 Å². The number of ether oxygens (including phenoxy) is 1. The monoisotopic (exact) mass is 320 g/mol. The van der Waals surface area contributed by atoms with Gasteiger partial charge in [-0.15, -0.1) is 0 Å². The van der Waals surface area contributed by atoms with Crippen LogP contribution < -0.4 is 10.3 Å². The van der Waals surface area contributed by atoms with Gasteiger partial charge in [0.25, 0.3) is 5.56 Å². The molecule has 2 aromatic carbocycles. The van der Waals surface area contributed by atoms with Crippen molar-refractivity contribution in [2.75, 3.05) is 7.11 Å². The lowest BCUT2D eigenvalue weighted by molar-refractivity contribution is -0.138. The highest BCUT2D eigenvalue weighted by atomic mass is 19.4. The first kappa shape index (κ1) is 15.1. The zero-order chi connectivity index (χ0) is 16.6. The Morgan fingerprint density at radius 2 is 1.78 bits per heavy atom. The number of fused-ring (bicyclic) bond motifs is 1. The van der Waals surface area contributed by atoms with Crippen LogP contribution in [0.1, 0.15) is 5.56 Å². The van der Waals surface area contributed by atoms with Crippen LogP contribution in [0, 0.1) is 0 Å². The maximum atomic E-state index is 13.2. The van der Waals surface area contributed by atoms with Gasteiger partial charge >= 0.3 is 6.18 Å². The van der Waals surface area contributed by atoms with E-state index >= 15 is 0 Å². The van der Waals surface area contributed by atoms with E-state index in [1.54, 1.807) is 24.3 Å². The minimum Gasteiger partial charge on any atom is -0.496 e. The quantitative estimate of drug-likeness (QED) is 0.784. The first-order valence-corrected chi connectivity index (χ1v) is 6.65. The average molecular weight is 320 g/mol. The van der Waals surface area contributed by atoms with Crippen molar-refractivity contribution >= 4 is 10.8 Å². The number of alkyl halides is 3. The molecule has 3 aromatic rings. The summed E-state index contributed by atoms with van der Waals surface area (Å²) in [6, 6.07) is 10.3. The van der Waals surface area contributed by atoms with E-state index in [4.69, 9.17) is 4.74 Å². The zero-order valence-electron chi connectivity index (χ0n) is 11.9. The van der Waals surface area contributed by atoms with E-state index in [-0.39, 0.29) is 17.0 Å². The Kier molecular flexibility index (Phi) is 3.55. The maximum absolute atomic E-state index is 13.2. The number of hydrogen-bond donors (Lipinski definition) is 1. The third-order valence-electron chi connectivity index (χ3n) is 3.47. The molecule has 23 heavy (non-hydrogen) atoms. The molecule has 0 saturated heterocycles. The van der Waals surface area contributed by atoms with Crippen LogP contribution in [-0.4, -0.2) is 17.3 Å². The summed E-state index contributed by atoms with van der Waals surface area (Å²) in [7, 11) is 1.18. The van der Waals surface area contributed by atoms with Crippen LogP contribution in [0.3, 0.4) is 0 Å². The normalized spacial score (nSPS) is 11.7. The average Bonchev–Trinajstić information content (AvgIpc) is 2.54. The predicted molar refractivity (Wildman–Crippen MR) is 79.4 cm³/mol. The van der Waals surface area contributed by atoms with Crippen LogP contribution in [0.25, 0.3) is 22.0 Å². The van der Waals surface area contributed by atoms with Crippen LogP contribution in [0.4, 0.5) is 13.2 Å². The summed E-state index contributed by atoms with van der Waals surface area (Å²) in [5.41, 5.74) is -0.776. The molecule has 1 aromatic heterocycles. The van der Waals surface area contributed by atoms with Gasteiger partial charge in [0.05, 0.1) is 23.8 Å². The Labute approximate surface area is 128 Å². The number of halogens is 3. The highest BCUT2D eigenvalue weighted by molar-refractivity contribution is 5.93. The van der Waals surface area contributed by atoms with Gasteiger partial charge in [0.1, 0.15) is 5.75 Å². The van der Waals surface area contributed by atoms with Crippen LogP contribution in [0.2, 0.25) is 0 Å². The molecule has 0 fully saturated rings. The van der Waals surface area contributed by atoms with Gasteiger partial charge in [0.2, 0.25) is 0 Å². The summed E-state index contributed by atoms with van der Waals surface area (Å²) in [5.74, 6) is -0.269. The summed E-state index contributed by atoms with van der Waals surface area (Å²) in [6.07, 6.45) is -4.56. The topological polar surface area (TPSA) is 55.0 Å².